The quantitative estimate of drug-likeness (QED) is 0.395. The number of hydrogen-bond acceptors (Lipinski definition) is 3. The van der Waals surface area contributed by atoms with E-state index in [2.05, 4.69) is 5.32 Å². The van der Waals surface area contributed by atoms with Crippen LogP contribution in [0.15, 0.2) is 0 Å². The van der Waals surface area contributed by atoms with Crippen LogP contribution in [0.1, 0.15) is 6.42 Å². The van der Waals surface area contributed by atoms with Gasteiger partial charge in [-0.1, -0.05) is 0 Å². The second kappa shape index (κ2) is 2.01. The third kappa shape index (κ3) is 0.992. The first-order valence-electron chi connectivity index (χ1n) is 2.96. The lowest BCUT2D eigenvalue weighted by Crippen LogP contribution is -2.48. The molecule has 1 unspecified atom stereocenters. The van der Waals surface area contributed by atoms with E-state index in [1.807, 2.05) is 0 Å². The molecule has 1 fully saturated rings. The summed E-state index contributed by atoms with van der Waals surface area (Å²) in [4.78, 5) is 0. The molecule has 0 aromatic carbocycles. The van der Waals surface area contributed by atoms with Gasteiger partial charge in [0.05, 0.1) is 0 Å². The van der Waals surface area contributed by atoms with Crippen molar-refractivity contribution in [3.05, 3.63) is 0 Å². The van der Waals surface area contributed by atoms with Crippen LogP contribution >= 0.6 is 0 Å². The normalized spacial score (nSPS) is 38.2. The summed E-state index contributed by atoms with van der Waals surface area (Å²) in [5.74, 6) is 0. The van der Waals surface area contributed by atoms with Crippen LogP contribution in [0.25, 0.3) is 0 Å². The molecule has 1 atom stereocenters. The molecule has 0 bridgehead atoms. The van der Waals surface area contributed by atoms with E-state index in [9.17, 15) is 0 Å². The highest BCUT2D eigenvalue weighted by Crippen LogP contribution is 2.07. The topological polar surface area (TPSA) is 64.1 Å². The minimum absolute atomic E-state index is 0.0972. The minimum Gasteiger partial charge on any atom is -0.329 e. The monoisotopic (exact) mass is 115 g/mol. The van der Waals surface area contributed by atoms with Crippen molar-refractivity contribution < 1.29 is 0 Å². The largest absolute Gasteiger partial charge is 0.329 e. The van der Waals surface area contributed by atoms with Crippen molar-refractivity contribution in [1.82, 2.24) is 5.32 Å². The molecule has 0 spiro atoms. The second-order valence-electron chi connectivity index (χ2n) is 2.49. The maximum Gasteiger partial charge on any atom is 0.0417 e. The van der Waals surface area contributed by atoms with E-state index in [0.717, 1.165) is 19.5 Å². The van der Waals surface area contributed by atoms with Crippen LogP contribution < -0.4 is 16.8 Å². The standard InChI is InChI=1S/C5H13N3/c6-3-5(7)1-2-8-4-5/h8H,1-4,6-7H2. The van der Waals surface area contributed by atoms with Crippen molar-refractivity contribution in [3.8, 4) is 0 Å². The zero-order valence-electron chi connectivity index (χ0n) is 4.98. The summed E-state index contributed by atoms with van der Waals surface area (Å²) in [6, 6.07) is 0. The Hall–Kier alpha value is -0.120. The van der Waals surface area contributed by atoms with Crippen LogP contribution in [-0.2, 0) is 0 Å². The van der Waals surface area contributed by atoms with Gasteiger partial charge in [0.2, 0.25) is 0 Å². The van der Waals surface area contributed by atoms with Crippen LogP contribution in [0, 0.1) is 0 Å². The first-order valence-corrected chi connectivity index (χ1v) is 2.96. The van der Waals surface area contributed by atoms with E-state index >= 15 is 0 Å². The van der Waals surface area contributed by atoms with Crippen molar-refractivity contribution in [1.29, 1.82) is 0 Å². The van der Waals surface area contributed by atoms with E-state index in [1.54, 1.807) is 0 Å². The Bertz CT molecular complexity index is 75.7. The summed E-state index contributed by atoms with van der Waals surface area (Å²) in [6.07, 6.45) is 1.02. The van der Waals surface area contributed by atoms with Crippen LogP contribution in [0.5, 0.6) is 0 Å². The van der Waals surface area contributed by atoms with Crippen LogP contribution in [-0.4, -0.2) is 25.2 Å². The lowest BCUT2D eigenvalue weighted by atomic mass is 10.0. The van der Waals surface area contributed by atoms with Gasteiger partial charge in [0.1, 0.15) is 0 Å². The number of nitrogens with two attached hydrogens (primary N) is 2. The summed E-state index contributed by atoms with van der Waals surface area (Å²) < 4.78 is 0. The predicted molar refractivity (Wildman–Crippen MR) is 33.5 cm³/mol. The first kappa shape index (κ1) is 6.01. The third-order valence-electron chi connectivity index (χ3n) is 1.68. The highest BCUT2D eigenvalue weighted by molar-refractivity contribution is 4.92. The summed E-state index contributed by atoms with van der Waals surface area (Å²) in [5.41, 5.74) is 11.1. The average molecular weight is 115 g/mol. The fourth-order valence-electron chi connectivity index (χ4n) is 0.937. The third-order valence-corrected chi connectivity index (χ3v) is 1.68. The molecule has 1 saturated heterocycles. The molecule has 3 heteroatoms. The molecule has 1 aliphatic rings. The van der Waals surface area contributed by atoms with Crippen molar-refractivity contribution in [2.24, 2.45) is 11.5 Å². The van der Waals surface area contributed by atoms with Gasteiger partial charge in [-0.15, -0.1) is 0 Å². The molecule has 1 rings (SSSR count). The highest BCUT2D eigenvalue weighted by atomic mass is 15.0. The molecule has 0 amide bonds. The predicted octanol–water partition coefficient (Wildman–Crippen LogP) is -1.36. The van der Waals surface area contributed by atoms with E-state index in [0.29, 0.717) is 6.54 Å². The average Bonchev–Trinajstić information content (AvgIpc) is 2.17. The van der Waals surface area contributed by atoms with E-state index in [1.165, 1.54) is 0 Å². The molecule has 1 aliphatic heterocycles. The molecule has 0 aliphatic carbocycles. The van der Waals surface area contributed by atoms with Gasteiger partial charge >= 0.3 is 0 Å². The maximum atomic E-state index is 5.77. The fourth-order valence-corrected chi connectivity index (χ4v) is 0.937. The number of rotatable bonds is 1. The van der Waals surface area contributed by atoms with Crippen LogP contribution in [0.2, 0.25) is 0 Å². The lowest BCUT2D eigenvalue weighted by molar-refractivity contribution is 0.480. The Labute approximate surface area is 49.4 Å². The van der Waals surface area contributed by atoms with Gasteiger partial charge in [0.15, 0.2) is 0 Å². The lowest BCUT2D eigenvalue weighted by Gasteiger charge is -2.18. The SMILES string of the molecule is NCC1(N)CCNC1. The highest BCUT2D eigenvalue weighted by Gasteiger charge is 2.26. The molecule has 3 nitrogen and oxygen atoms in total. The molecule has 5 N–H and O–H groups in total. The molecule has 0 aromatic rings. The molecule has 0 radical (unpaired) electrons. The maximum absolute atomic E-state index is 5.77. The fraction of sp³-hybridized carbons (Fsp3) is 1.00. The Kier molecular flexibility index (Phi) is 1.51. The van der Waals surface area contributed by atoms with Gasteiger partial charge < -0.3 is 16.8 Å². The van der Waals surface area contributed by atoms with Gasteiger partial charge in [0.25, 0.3) is 0 Å². The van der Waals surface area contributed by atoms with Crippen molar-refractivity contribution >= 4 is 0 Å². The molecule has 1 heterocycles. The Balaban J connectivity index is 2.40. The van der Waals surface area contributed by atoms with Crippen molar-refractivity contribution in [2.75, 3.05) is 19.6 Å². The molecule has 0 saturated carbocycles. The van der Waals surface area contributed by atoms with Gasteiger partial charge in [-0.25, -0.2) is 0 Å². The van der Waals surface area contributed by atoms with E-state index in [-0.39, 0.29) is 5.54 Å². The molecule has 0 aromatic heterocycles. The summed E-state index contributed by atoms with van der Waals surface area (Å²) in [7, 11) is 0. The van der Waals surface area contributed by atoms with Gasteiger partial charge in [-0.3, -0.25) is 0 Å². The Morgan fingerprint density at radius 1 is 1.62 bits per heavy atom. The van der Waals surface area contributed by atoms with Gasteiger partial charge in [-0.05, 0) is 13.0 Å². The first-order chi connectivity index (χ1) is 3.77. The molecular weight excluding hydrogens is 102 g/mol. The van der Waals surface area contributed by atoms with E-state index < -0.39 is 0 Å². The Morgan fingerprint density at radius 2 is 2.38 bits per heavy atom. The van der Waals surface area contributed by atoms with Crippen LogP contribution in [0.3, 0.4) is 0 Å². The van der Waals surface area contributed by atoms with Crippen molar-refractivity contribution in [2.45, 2.75) is 12.0 Å². The minimum atomic E-state index is -0.0972. The smallest absolute Gasteiger partial charge is 0.0417 e. The zero-order chi connectivity index (χ0) is 6.04. The molecule has 8 heavy (non-hydrogen) atoms. The molecular formula is C5H13N3. The zero-order valence-corrected chi connectivity index (χ0v) is 4.98. The summed E-state index contributed by atoms with van der Waals surface area (Å²) in [5, 5.41) is 3.16. The molecule has 48 valence electrons. The van der Waals surface area contributed by atoms with E-state index in [4.69, 9.17) is 11.5 Å². The van der Waals surface area contributed by atoms with Crippen molar-refractivity contribution in [3.63, 3.8) is 0 Å². The van der Waals surface area contributed by atoms with Crippen LogP contribution in [0.4, 0.5) is 0 Å². The second-order valence-corrected chi connectivity index (χ2v) is 2.49. The summed E-state index contributed by atoms with van der Waals surface area (Å²) in [6.45, 7) is 2.50. The van der Waals surface area contributed by atoms with Gasteiger partial charge in [0, 0.05) is 18.6 Å². The number of nitrogens with one attached hydrogen (secondary N) is 1. The number of hydrogen-bond donors (Lipinski definition) is 3. The summed E-state index contributed by atoms with van der Waals surface area (Å²) >= 11 is 0. The van der Waals surface area contributed by atoms with Gasteiger partial charge in [-0.2, -0.15) is 0 Å². The Morgan fingerprint density at radius 3 is 2.62 bits per heavy atom.